The monoisotopic (exact) mass is 263 g/mol. The molecular formula is C14H17NO4. The van der Waals surface area contributed by atoms with Crippen LogP contribution in [0.4, 0.5) is 5.69 Å². The summed E-state index contributed by atoms with van der Waals surface area (Å²) in [6, 6.07) is 3.19. The fourth-order valence-corrected chi connectivity index (χ4v) is 2.18. The van der Waals surface area contributed by atoms with Gasteiger partial charge in [0.05, 0.1) is 10.3 Å². The van der Waals surface area contributed by atoms with Crippen molar-refractivity contribution in [2.75, 3.05) is 0 Å². The van der Waals surface area contributed by atoms with Crippen LogP contribution in [0.25, 0.3) is 0 Å². The van der Waals surface area contributed by atoms with Gasteiger partial charge in [0, 0.05) is 18.1 Å². The summed E-state index contributed by atoms with van der Waals surface area (Å²) in [5.41, 5.74) is 0.901. The largest absolute Gasteiger partial charge is 0.489 e. The normalized spacial score (nSPS) is 20.8. The Bertz CT molecular complexity index is 563. The number of Topliss-reactive ketones (excluding diaryl/α,β-unsaturated/α-hetero) is 1. The Kier molecular flexibility index (Phi) is 3.08. The first-order chi connectivity index (χ1) is 8.73. The average molecular weight is 263 g/mol. The van der Waals surface area contributed by atoms with E-state index < -0.39 is 10.3 Å². The van der Waals surface area contributed by atoms with Gasteiger partial charge in [-0.1, -0.05) is 0 Å². The SMILES string of the molecule is Cc1cc([N+](=O)[O-])c(C)cc1OC1CC(=O)C1(C)C. The molecule has 0 aromatic heterocycles. The van der Waals surface area contributed by atoms with E-state index in [9.17, 15) is 14.9 Å². The van der Waals surface area contributed by atoms with Crippen molar-refractivity contribution in [2.45, 2.75) is 40.2 Å². The van der Waals surface area contributed by atoms with Crippen LogP contribution in [0.3, 0.4) is 0 Å². The molecule has 102 valence electrons. The first kappa shape index (κ1) is 13.5. The predicted molar refractivity (Wildman–Crippen MR) is 70.4 cm³/mol. The first-order valence-corrected chi connectivity index (χ1v) is 6.19. The van der Waals surface area contributed by atoms with Gasteiger partial charge in [0.2, 0.25) is 0 Å². The van der Waals surface area contributed by atoms with Gasteiger partial charge in [0.1, 0.15) is 17.6 Å². The number of benzene rings is 1. The number of carbonyl (C=O) groups is 1. The Balaban J connectivity index is 2.25. The Morgan fingerprint density at radius 2 is 1.95 bits per heavy atom. The van der Waals surface area contributed by atoms with E-state index in [-0.39, 0.29) is 17.6 Å². The molecule has 0 N–H and O–H groups in total. The molecule has 0 spiro atoms. The lowest BCUT2D eigenvalue weighted by Crippen LogP contribution is -2.53. The molecule has 1 aromatic rings. The highest BCUT2D eigenvalue weighted by molar-refractivity contribution is 5.91. The molecule has 1 aliphatic rings. The molecular weight excluding hydrogens is 246 g/mol. The second-order valence-corrected chi connectivity index (χ2v) is 5.62. The van der Waals surface area contributed by atoms with Crippen LogP contribution in [0.1, 0.15) is 31.4 Å². The maximum Gasteiger partial charge on any atom is 0.272 e. The summed E-state index contributed by atoms with van der Waals surface area (Å²) in [7, 11) is 0. The molecule has 5 heteroatoms. The van der Waals surface area contributed by atoms with Gasteiger partial charge >= 0.3 is 0 Å². The second-order valence-electron chi connectivity index (χ2n) is 5.62. The zero-order valence-electron chi connectivity index (χ0n) is 11.5. The van der Waals surface area contributed by atoms with Crippen molar-refractivity contribution in [3.63, 3.8) is 0 Å². The van der Waals surface area contributed by atoms with E-state index in [1.807, 2.05) is 13.8 Å². The highest BCUT2D eigenvalue weighted by atomic mass is 16.6. The lowest BCUT2D eigenvalue weighted by molar-refractivity contribution is -0.385. The molecule has 5 nitrogen and oxygen atoms in total. The standard InChI is InChI=1S/C14H17NO4/c1-8-6-11(9(2)5-10(8)15(17)18)19-13-7-12(16)14(13,3)4/h5-6,13H,7H2,1-4H3. The van der Waals surface area contributed by atoms with Crippen LogP contribution >= 0.6 is 0 Å². The van der Waals surface area contributed by atoms with Crippen LogP contribution < -0.4 is 4.74 Å². The minimum absolute atomic E-state index is 0.0915. The van der Waals surface area contributed by atoms with Crippen molar-refractivity contribution in [3.8, 4) is 5.75 Å². The molecule has 1 unspecified atom stereocenters. The molecule has 0 aliphatic heterocycles. The third-order valence-corrected chi connectivity index (χ3v) is 3.85. The Morgan fingerprint density at radius 3 is 2.42 bits per heavy atom. The van der Waals surface area contributed by atoms with Crippen molar-refractivity contribution < 1.29 is 14.5 Å². The molecule has 1 atom stereocenters. The first-order valence-electron chi connectivity index (χ1n) is 6.19. The zero-order valence-corrected chi connectivity index (χ0v) is 11.5. The van der Waals surface area contributed by atoms with Crippen molar-refractivity contribution in [1.82, 2.24) is 0 Å². The third kappa shape index (κ3) is 2.20. The number of nitro benzene ring substituents is 1. The summed E-state index contributed by atoms with van der Waals surface area (Å²) in [5.74, 6) is 0.808. The van der Waals surface area contributed by atoms with E-state index in [1.165, 1.54) is 6.07 Å². The predicted octanol–water partition coefficient (Wildman–Crippen LogP) is 2.96. The lowest BCUT2D eigenvalue weighted by atomic mass is 9.68. The Morgan fingerprint density at radius 1 is 1.32 bits per heavy atom. The smallest absolute Gasteiger partial charge is 0.272 e. The molecule has 19 heavy (non-hydrogen) atoms. The quantitative estimate of drug-likeness (QED) is 0.621. The summed E-state index contributed by atoms with van der Waals surface area (Å²) in [4.78, 5) is 21.9. The number of nitro groups is 1. The van der Waals surface area contributed by atoms with E-state index in [0.29, 0.717) is 23.3 Å². The van der Waals surface area contributed by atoms with Gasteiger partial charge in [-0.15, -0.1) is 0 Å². The maximum absolute atomic E-state index is 11.5. The average Bonchev–Trinajstić information content (AvgIpc) is 2.32. The minimum Gasteiger partial charge on any atom is -0.489 e. The van der Waals surface area contributed by atoms with Gasteiger partial charge in [0.25, 0.3) is 5.69 Å². The van der Waals surface area contributed by atoms with Gasteiger partial charge < -0.3 is 4.74 Å². The highest BCUT2D eigenvalue weighted by Crippen LogP contribution is 2.40. The molecule has 2 rings (SSSR count). The van der Waals surface area contributed by atoms with E-state index >= 15 is 0 Å². The summed E-state index contributed by atoms with van der Waals surface area (Å²) >= 11 is 0. The summed E-state index contributed by atoms with van der Waals surface area (Å²) in [6.07, 6.45) is 0.252. The Labute approximate surface area is 111 Å². The zero-order chi connectivity index (χ0) is 14.4. The van der Waals surface area contributed by atoms with Crippen LogP contribution in [0, 0.1) is 29.4 Å². The maximum atomic E-state index is 11.5. The van der Waals surface area contributed by atoms with E-state index in [0.717, 1.165) is 0 Å². The number of nitrogens with zero attached hydrogens (tertiary/aromatic N) is 1. The number of rotatable bonds is 3. The van der Waals surface area contributed by atoms with Crippen LogP contribution in [-0.2, 0) is 4.79 Å². The summed E-state index contributed by atoms with van der Waals surface area (Å²) in [5, 5.41) is 10.8. The van der Waals surface area contributed by atoms with Crippen molar-refractivity contribution in [3.05, 3.63) is 33.4 Å². The number of hydrogen-bond acceptors (Lipinski definition) is 4. The van der Waals surface area contributed by atoms with Crippen molar-refractivity contribution >= 4 is 11.5 Å². The summed E-state index contributed by atoms with van der Waals surface area (Å²) < 4.78 is 5.84. The number of carbonyl (C=O) groups excluding carboxylic acids is 1. The molecule has 0 heterocycles. The van der Waals surface area contributed by atoms with Crippen molar-refractivity contribution in [1.29, 1.82) is 0 Å². The molecule has 1 aromatic carbocycles. The number of ketones is 1. The Hall–Kier alpha value is -1.91. The molecule has 0 saturated heterocycles. The molecule has 1 fully saturated rings. The molecule has 0 radical (unpaired) electrons. The number of ether oxygens (including phenoxy) is 1. The second kappa shape index (κ2) is 4.33. The van der Waals surface area contributed by atoms with E-state index in [2.05, 4.69) is 0 Å². The van der Waals surface area contributed by atoms with Crippen molar-refractivity contribution in [2.24, 2.45) is 5.41 Å². The molecule has 0 bridgehead atoms. The number of aryl methyl sites for hydroxylation is 2. The fraction of sp³-hybridized carbons (Fsp3) is 0.500. The molecule has 0 amide bonds. The van der Waals surface area contributed by atoms with Crippen LogP contribution in [0.2, 0.25) is 0 Å². The minimum atomic E-state index is -0.470. The fourth-order valence-electron chi connectivity index (χ4n) is 2.18. The van der Waals surface area contributed by atoms with Crippen LogP contribution in [-0.4, -0.2) is 16.8 Å². The van der Waals surface area contributed by atoms with Crippen LogP contribution in [0.5, 0.6) is 5.75 Å². The van der Waals surface area contributed by atoms with E-state index in [4.69, 9.17) is 4.74 Å². The number of hydrogen-bond donors (Lipinski definition) is 0. The lowest BCUT2D eigenvalue weighted by Gasteiger charge is -2.42. The summed E-state index contributed by atoms with van der Waals surface area (Å²) in [6.45, 7) is 7.17. The van der Waals surface area contributed by atoms with Gasteiger partial charge in [-0.25, -0.2) is 0 Å². The highest BCUT2D eigenvalue weighted by Gasteiger charge is 2.49. The van der Waals surface area contributed by atoms with Gasteiger partial charge in [-0.3, -0.25) is 14.9 Å². The van der Waals surface area contributed by atoms with Gasteiger partial charge in [-0.2, -0.15) is 0 Å². The van der Waals surface area contributed by atoms with E-state index in [1.54, 1.807) is 19.9 Å². The molecule has 1 aliphatic carbocycles. The van der Waals surface area contributed by atoms with Gasteiger partial charge in [0.15, 0.2) is 0 Å². The van der Waals surface area contributed by atoms with Crippen LogP contribution in [0.15, 0.2) is 12.1 Å². The molecule has 1 saturated carbocycles. The van der Waals surface area contributed by atoms with Gasteiger partial charge in [-0.05, 0) is 39.3 Å². The third-order valence-electron chi connectivity index (χ3n) is 3.85. The topological polar surface area (TPSA) is 69.4 Å².